The van der Waals surface area contributed by atoms with Crippen molar-refractivity contribution in [3.05, 3.63) is 100 Å². The van der Waals surface area contributed by atoms with Gasteiger partial charge in [0.1, 0.15) is 4.87 Å². The molecule has 0 N–H and O–H groups in total. The van der Waals surface area contributed by atoms with E-state index in [2.05, 4.69) is 12.1 Å². The van der Waals surface area contributed by atoms with Crippen molar-refractivity contribution in [1.29, 1.82) is 0 Å². The van der Waals surface area contributed by atoms with E-state index in [-0.39, 0.29) is 17.7 Å². The maximum absolute atomic E-state index is 13.8. The lowest BCUT2D eigenvalue weighted by Crippen LogP contribution is -2.50. The lowest BCUT2D eigenvalue weighted by Gasteiger charge is -2.50. The third kappa shape index (κ3) is 1.96. The van der Waals surface area contributed by atoms with Crippen LogP contribution in [0.2, 0.25) is 0 Å². The SMILES string of the molecule is Cc1ccc(N2C(=O)[C@@H]3C4c5ccccc5C(Cl)(c5ccccc54)[C@H]3C2=O)cc1C. The second-order valence-electron chi connectivity index (χ2n) is 8.65. The van der Waals surface area contributed by atoms with E-state index in [1.54, 1.807) is 0 Å². The number of benzene rings is 3. The summed E-state index contributed by atoms with van der Waals surface area (Å²) >= 11 is 7.43. The van der Waals surface area contributed by atoms with Crippen LogP contribution in [0.1, 0.15) is 39.3 Å². The lowest BCUT2D eigenvalue weighted by molar-refractivity contribution is -0.122. The van der Waals surface area contributed by atoms with Crippen LogP contribution in [0.25, 0.3) is 0 Å². The first-order chi connectivity index (χ1) is 14.4. The predicted molar refractivity (Wildman–Crippen MR) is 117 cm³/mol. The number of rotatable bonds is 1. The van der Waals surface area contributed by atoms with Crippen molar-refractivity contribution in [3.8, 4) is 0 Å². The summed E-state index contributed by atoms with van der Waals surface area (Å²) in [4.78, 5) is 27.9. The molecule has 4 heteroatoms. The van der Waals surface area contributed by atoms with Gasteiger partial charge in [-0.2, -0.15) is 0 Å². The average Bonchev–Trinajstić information content (AvgIpc) is 3.02. The summed E-state index contributed by atoms with van der Waals surface area (Å²) in [7, 11) is 0. The molecule has 2 amide bonds. The highest BCUT2D eigenvalue weighted by Gasteiger charge is 2.67. The van der Waals surface area contributed by atoms with E-state index in [1.807, 2.05) is 68.4 Å². The van der Waals surface area contributed by atoms with Gasteiger partial charge >= 0.3 is 0 Å². The topological polar surface area (TPSA) is 37.4 Å². The summed E-state index contributed by atoms with van der Waals surface area (Å²) in [5.74, 6) is -1.59. The number of amides is 2. The Bertz CT molecular complexity index is 1220. The zero-order valence-electron chi connectivity index (χ0n) is 16.7. The highest BCUT2D eigenvalue weighted by atomic mass is 35.5. The summed E-state index contributed by atoms with van der Waals surface area (Å²) in [6, 6.07) is 21.8. The number of aryl methyl sites for hydroxylation is 2. The van der Waals surface area contributed by atoms with Crippen molar-refractivity contribution in [3.63, 3.8) is 0 Å². The van der Waals surface area contributed by atoms with Crippen LogP contribution in [0.3, 0.4) is 0 Å². The van der Waals surface area contributed by atoms with Gasteiger partial charge in [-0.3, -0.25) is 9.59 Å². The highest BCUT2D eigenvalue weighted by molar-refractivity contribution is 6.33. The van der Waals surface area contributed by atoms with E-state index in [1.165, 1.54) is 4.90 Å². The van der Waals surface area contributed by atoms with E-state index >= 15 is 0 Å². The number of anilines is 1. The number of imide groups is 1. The maximum Gasteiger partial charge on any atom is 0.240 e. The molecule has 1 saturated heterocycles. The molecule has 0 radical (unpaired) electrons. The van der Waals surface area contributed by atoms with E-state index in [4.69, 9.17) is 11.6 Å². The van der Waals surface area contributed by atoms with Crippen LogP contribution in [-0.4, -0.2) is 11.8 Å². The lowest BCUT2D eigenvalue weighted by atomic mass is 9.54. The third-order valence-corrected chi connectivity index (χ3v) is 7.91. The summed E-state index contributed by atoms with van der Waals surface area (Å²) in [5.41, 5.74) is 6.86. The van der Waals surface area contributed by atoms with Crippen LogP contribution in [0, 0.1) is 25.7 Å². The molecule has 0 saturated carbocycles. The molecule has 2 atom stereocenters. The molecule has 2 bridgehead atoms. The quantitative estimate of drug-likeness (QED) is 0.413. The minimum absolute atomic E-state index is 0.146. The fourth-order valence-electron chi connectivity index (χ4n) is 5.80. The molecule has 3 aliphatic carbocycles. The number of hydrogen-bond acceptors (Lipinski definition) is 2. The van der Waals surface area contributed by atoms with Crippen LogP contribution >= 0.6 is 11.6 Å². The highest BCUT2D eigenvalue weighted by Crippen LogP contribution is 2.65. The number of carbonyl (C=O) groups excluding carboxylic acids is 2. The van der Waals surface area contributed by atoms with Gasteiger partial charge in [-0.15, -0.1) is 11.6 Å². The van der Waals surface area contributed by atoms with E-state index in [0.717, 1.165) is 33.4 Å². The molecule has 3 aromatic rings. The maximum atomic E-state index is 13.8. The Balaban J connectivity index is 1.60. The second-order valence-corrected chi connectivity index (χ2v) is 9.24. The van der Waals surface area contributed by atoms with Crippen molar-refractivity contribution >= 4 is 29.1 Å². The molecule has 3 nitrogen and oxygen atoms in total. The van der Waals surface area contributed by atoms with Crippen molar-refractivity contribution in [1.82, 2.24) is 0 Å². The third-order valence-electron chi connectivity index (χ3n) is 7.26. The summed E-state index contributed by atoms with van der Waals surface area (Å²) in [5, 5.41) is 0. The molecule has 7 rings (SSSR count). The Morgan fingerprint density at radius 2 is 1.40 bits per heavy atom. The molecule has 0 aromatic heterocycles. The smallest absolute Gasteiger partial charge is 0.240 e. The first-order valence-electron chi connectivity index (χ1n) is 10.3. The molecule has 0 spiro atoms. The molecular formula is C26H20ClNO2. The van der Waals surface area contributed by atoms with Crippen LogP contribution < -0.4 is 4.90 Å². The van der Waals surface area contributed by atoms with E-state index < -0.39 is 16.7 Å². The van der Waals surface area contributed by atoms with Gasteiger partial charge in [0.05, 0.1) is 17.5 Å². The molecule has 1 fully saturated rings. The summed E-state index contributed by atoms with van der Waals surface area (Å²) in [6.45, 7) is 4.02. The Morgan fingerprint density at radius 3 is 2.00 bits per heavy atom. The molecule has 3 aromatic carbocycles. The molecule has 30 heavy (non-hydrogen) atoms. The number of hydrogen-bond donors (Lipinski definition) is 0. The summed E-state index contributed by atoms with van der Waals surface area (Å²) in [6.07, 6.45) is 0. The first-order valence-corrected chi connectivity index (χ1v) is 10.6. The monoisotopic (exact) mass is 413 g/mol. The average molecular weight is 414 g/mol. The van der Waals surface area contributed by atoms with Gasteiger partial charge in [0.2, 0.25) is 11.8 Å². The number of nitrogens with zero attached hydrogens (tertiary/aromatic N) is 1. The number of halogens is 1. The number of alkyl halides is 1. The minimum Gasteiger partial charge on any atom is -0.274 e. The zero-order valence-corrected chi connectivity index (χ0v) is 17.5. The second kappa shape index (κ2) is 5.83. The van der Waals surface area contributed by atoms with Gasteiger partial charge in [0.25, 0.3) is 0 Å². The Morgan fingerprint density at radius 1 is 0.800 bits per heavy atom. The van der Waals surface area contributed by atoms with Crippen LogP contribution in [-0.2, 0) is 14.5 Å². The van der Waals surface area contributed by atoms with Crippen LogP contribution in [0.15, 0.2) is 66.7 Å². The predicted octanol–water partition coefficient (Wildman–Crippen LogP) is 5.05. The fourth-order valence-corrected chi connectivity index (χ4v) is 6.37. The minimum atomic E-state index is -1.03. The van der Waals surface area contributed by atoms with E-state index in [9.17, 15) is 9.59 Å². The summed E-state index contributed by atoms with van der Waals surface area (Å²) < 4.78 is 0. The Kier molecular flexibility index (Phi) is 3.48. The van der Waals surface area contributed by atoms with Gasteiger partial charge in [0.15, 0.2) is 0 Å². The molecule has 148 valence electrons. The largest absolute Gasteiger partial charge is 0.274 e. The van der Waals surface area contributed by atoms with E-state index in [0.29, 0.717) is 5.69 Å². The van der Waals surface area contributed by atoms with Crippen molar-refractivity contribution in [2.24, 2.45) is 11.8 Å². The van der Waals surface area contributed by atoms with Crippen LogP contribution in [0.5, 0.6) is 0 Å². The van der Waals surface area contributed by atoms with Crippen molar-refractivity contribution in [2.75, 3.05) is 4.90 Å². The number of carbonyl (C=O) groups is 2. The molecular weight excluding hydrogens is 394 g/mol. The van der Waals surface area contributed by atoms with Crippen LogP contribution in [0.4, 0.5) is 5.69 Å². The van der Waals surface area contributed by atoms with Gasteiger partial charge in [-0.1, -0.05) is 54.6 Å². The molecule has 1 heterocycles. The van der Waals surface area contributed by atoms with Gasteiger partial charge in [-0.25, -0.2) is 4.90 Å². The zero-order chi connectivity index (χ0) is 20.8. The normalized spacial score (nSPS) is 28.4. The Hall–Kier alpha value is -2.91. The molecule has 1 aliphatic heterocycles. The van der Waals surface area contributed by atoms with Crippen molar-refractivity contribution < 1.29 is 9.59 Å². The molecule has 0 unspecified atom stereocenters. The fraction of sp³-hybridized carbons (Fsp3) is 0.231. The standard InChI is InChI=1S/C26H20ClNO2/c1-14-11-12-16(13-15(14)2)28-24(29)22-21-17-7-3-5-9-19(17)26(27,23(22)25(28)30)20-10-6-4-8-18(20)21/h3-13,21-23H,1-2H3/t21?,22-,23-,26?/m1/s1. The van der Waals surface area contributed by atoms with Crippen molar-refractivity contribution in [2.45, 2.75) is 24.6 Å². The first kappa shape index (κ1) is 17.9. The Labute approximate surface area is 180 Å². The van der Waals surface area contributed by atoms with Gasteiger partial charge in [-0.05, 0) is 59.4 Å². The van der Waals surface area contributed by atoms with Gasteiger partial charge in [0, 0.05) is 5.92 Å². The van der Waals surface area contributed by atoms with Gasteiger partial charge < -0.3 is 0 Å². The molecule has 4 aliphatic rings.